The van der Waals surface area contributed by atoms with Crippen molar-refractivity contribution >= 4 is 23.1 Å². The molecule has 0 spiro atoms. The number of carbonyl (C=O) groups excluding carboxylic acids is 2. The molecule has 1 heterocycles. The van der Waals surface area contributed by atoms with E-state index in [-0.39, 0.29) is 12.1 Å². The molecule has 0 aromatic heterocycles. The lowest BCUT2D eigenvalue weighted by Gasteiger charge is -2.25. The molecule has 0 radical (unpaired) electrons. The van der Waals surface area contributed by atoms with E-state index in [0.29, 0.717) is 13.1 Å². The first-order valence-electron chi connectivity index (χ1n) is 5.61. The minimum absolute atomic E-state index is 0.0208. The summed E-state index contributed by atoms with van der Waals surface area (Å²) in [4.78, 5) is 25.8. The summed E-state index contributed by atoms with van der Waals surface area (Å²) in [5.41, 5.74) is -0.497. The van der Waals surface area contributed by atoms with Gasteiger partial charge in [0, 0.05) is 20.1 Å². The number of rotatable bonds is 1. The highest BCUT2D eigenvalue weighted by Crippen LogP contribution is 2.18. The van der Waals surface area contributed by atoms with Crippen molar-refractivity contribution in [3.63, 3.8) is 0 Å². The maximum absolute atomic E-state index is 11.8. The smallest absolute Gasteiger partial charge is 0.410 e. The topological polar surface area (TPSA) is 49.9 Å². The molecule has 2 amide bonds. The van der Waals surface area contributed by atoms with Crippen LogP contribution in [0.3, 0.4) is 0 Å². The SMILES string of the molecule is CN(C(=O)Cl)C1CCN(C(=O)OC(C)(C)C)C1. The van der Waals surface area contributed by atoms with Gasteiger partial charge < -0.3 is 14.5 Å². The molecular formula is C11H19ClN2O3. The molecule has 0 aliphatic carbocycles. The van der Waals surface area contributed by atoms with Crippen LogP contribution < -0.4 is 0 Å². The average Bonchev–Trinajstić information content (AvgIpc) is 2.62. The minimum atomic E-state index is -0.499. The Morgan fingerprint density at radius 2 is 2.00 bits per heavy atom. The molecule has 0 bridgehead atoms. The van der Waals surface area contributed by atoms with Gasteiger partial charge in [0.05, 0.1) is 6.04 Å². The lowest BCUT2D eigenvalue weighted by atomic mass is 10.2. The molecule has 6 heteroatoms. The second-order valence-electron chi connectivity index (χ2n) is 5.23. The van der Waals surface area contributed by atoms with Gasteiger partial charge in [-0.3, -0.25) is 4.79 Å². The maximum Gasteiger partial charge on any atom is 0.410 e. The number of carbonyl (C=O) groups is 2. The Bertz CT molecular complexity index is 314. The Kier molecular flexibility index (Phi) is 4.25. The van der Waals surface area contributed by atoms with Gasteiger partial charge in [-0.25, -0.2) is 4.79 Å². The van der Waals surface area contributed by atoms with E-state index in [1.54, 1.807) is 11.9 Å². The molecule has 0 saturated carbocycles. The highest BCUT2D eigenvalue weighted by Gasteiger charge is 2.32. The first kappa shape index (κ1) is 14.1. The molecule has 1 fully saturated rings. The third-order valence-electron chi connectivity index (χ3n) is 2.64. The molecule has 5 nitrogen and oxygen atoms in total. The fourth-order valence-corrected chi connectivity index (χ4v) is 1.83. The monoisotopic (exact) mass is 262 g/mol. The highest BCUT2D eigenvalue weighted by atomic mass is 35.5. The number of likely N-dealkylation sites (tertiary alicyclic amines) is 1. The molecular weight excluding hydrogens is 244 g/mol. The summed E-state index contributed by atoms with van der Waals surface area (Å²) in [5.74, 6) is 0. The largest absolute Gasteiger partial charge is 0.444 e. The lowest BCUT2D eigenvalue weighted by molar-refractivity contribution is 0.0285. The van der Waals surface area contributed by atoms with Crippen LogP contribution in [0.25, 0.3) is 0 Å². The zero-order valence-electron chi connectivity index (χ0n) is 10.7. The van der Waals surface area contributed by atoms with Crippen LogP contribution in [0, 0.1) is 0 Å². The highest BCUT2D eigenvalue weighted by molar-refractivity contribution is 6.62. The molecule has 1 atom stereocenters. The third-order valence-corrected chi connectivity index (χ3v) is 2.91. The Morgan fingerprint density at radius 3 is 2.47 bits per heavy atom. The van der Waals surface area contributed by atoms with Gasteiger partial charge >= 0.3 is 11.5 Å². The minimum Gasteiger partial charge on any atom is -0.444 e. The van der Waals surface area contributed by atoms with Crippen LogP contribution in [-0.2, 0) is 4.74 Å². The van der Waals surface area contributed by atoms with E-state index in [1.807, 2.05) is 20.8 Å². The predicted molar refractivity (Wildman–Crippen MR) is 65.2 cm³/mol. The fourth-order valence-electron chi connectivity index (χ4n) is 1.69. The van der Waals surface area contributed by atoms with Gasteiger partial charge in [0.25, 0.3) is 0 Å². The summed E-state index contributed by atoms with van der Waals surface area (Å²) in [6.45, 7) is 6.55. The van der Waals surface area contributed by atoms with Gasteiger partial charge in [0.15, 0.2) is 0 Å². The average molecular weight is 263 g/mol. The van der Waals surface area contributed by atoms with Crippen LogP contribution in [0.15, 0.2) is 0 Å². The molecule has 17 heavy (non-hydrogen) atoms. The summed E-state index contributed by atoms with van der Waals surface area (Å²) in [6, 6.07) is -0.0208. The van der Waals surface area contributed by atoms with Crippen LogP contribution in [-0.4, -0.2) is 53.0 Å². The number of ether oxygens (including phenoxy) is 1. The first-order chi connectivity index (χ1) is 7.70. The number of likely N-dealkylation sites (N-methyl/N-ethyl adjacent to an activating group) is 1. The van der Waals surface area contributed by atoms with E-state index in [0.717, 1.165) is 6.42 Å². The molecule has 1 saturated heterocycles. The van der Waals surface area contributed by atoms with Crippen molar-refractivity contribution in [2.45, 2.75) is 38.8 Å². The number of halogens is 1. The molecule has 98 valence electrons. The second kappa shape index (κ2) is 5.12. The van der Waals surface area contributed by atoms with Crippen LogP contribution in [0.4, 0.5) is 9.59 Å². The Morgan fingerprint density at radius 1 is 1.41 bits per heavy atom. The van der Waals surface area contributed by atoms with E-state index in [4.69, 9.17) is 16.3 Å². The van der Waals surface area contributed by atoms with Crippen molar-refractivity contribution in [2.24, 2.45) is 0 Å². The Balaban J connectivity index is 2.50. The molecule has 1 aliphatic rings. The van der Waals surface area contributed by atoms with Crippen LogP contribution in [0.1, 0.15) is 27.2 Å². The van der Waals surface area contributed by atoms with E-state index in [2.05, 4.69) is 0 Å². The predicted octanol–water partition coefficient (Wildman–Crippen LogP) is 2.29. The van der Waals surface area contributed by atoms with Gasteiger partial charge in [-0.05, 0) is 38.8 Å². The van der Waals surface area contributed by atoms with Crippen molar-refractivity contribution < 1.29 is 14.3 Å². The van der Waals surface area contributed by atoms with Gasteiger partial charge in [-0.1, -0.05) is 0 Å². The van der Waals surface area contributed by atoms with Gasteiger partial charge in [0.2, 0.25) is 0 Å². The first-order valence-corrected chi connectivity index (χ1v) is 5.99. The molecule has 0 aromatic rings. The third kappa shape index (κ3) is 4.07. The van der Waals surface area contributed by atoms with E-state index in [9.17, 15) is 9.59 Å². The lowest BCUT2D eigenvalue weighted by Crippen LogP contribution is -2.39. The van der Waals surface area contributed by atoms with Gasteiger partial charge in [-0.15, -0.1) is 0 Å². The van der Waals surface area contributed by atoms with Crippen molar-refractivity contribution in [1.82, 2.24) is 9.80 Å². The van der Waals surface area contributed by atoms with Crippen molar-refractivity contribution in [3.05, 3.63) is 0 Å². The molecule has 1 unspecified atom stereocenters. The summed E-state index contributed by atoms with van der Waals surface area (Å²) in [7, 11) is 1.64. The maximum atomic E-state index is 11.8. The standard InChI is InChI=1S/C11H19ClN2O3/c1-11(2,3)17-10(16)14-6-5-8(7-14)13(4)9(12)15/h8H,5-7H2,1-4H3. The van der Waals surface area contributed by atoms with Gasteiger partial charge in [-0.2, -0.15) is 0 Å². The van der Waals surface area contributed by atoms with Crippen LogP contribution >= 0.6 is 11.6 Å². The van der Waals surface area contributed by atoms with Crippen LogP contribution in [0.5, 0.6) is 0 Å². The van der Waals surface area contributed by atoms with Crippen LogP contribution in [0.2, 0.25) is 0 Å². The number of hydrogen-bond donors (Lipinski definition) is 0. The van der Waals surface area contributed by atoms with Crippen molar-refractivity contribution in [1.29, 1.82) is 0 Å². The molecule has 0 N–H and O–H groups in total. The number of amides is 2. The van der Waals surface area contributed by atoms with Gasteiger partial charge in [0.1, 0.15) is 5.60 Å². The Labute approximate surface area is 107 Å². The summed E-state index contributed by atoms with van der Waals surface area (Å²) < 4.78 is 5.26. The summed E-state index contributed by atoms with van der Waals surface area (Å²) in [6.07, 6.45) is 0.393. The van der Waals surface area contributed by atoms with E-state index < -0.39 is 11.0 Å². The normalized spacial score (nSPS) is 20.3. The molecule has 0 aromatic carbocycles. The second-order valence-corrected chi connectivity index (χ2v) is 5.56. The summed E-state index contributed by atoms with van der Waals surface area (Å²) >= 11 is 5.39. The van der Waals surface area contributed by atoms with E-state index >= 15 is 0 Å². The summed E-state index contributed by atoms with van der Waals surface area (Å²) in [5, 5.41) is -0.499. The molecule has 1 rings (SSSR count). The number of nitrogens with zero attached hydrogens (tertiary/aromatic N) is 2. The van der Waals surface area contributed by atoms with E-state index in [1.165, 1.54) is 4.90 Å². The zero-order chi connectivity index (χ0) is 13.2. The van der Waals surface area contributed by atoms with Crippen molar-refractivity contribution in [2.75, 3.05) is 20.1 Å². The number of hydrogen-bond acceptors (Lipinski definition) is 3. The quantitative estimate of drug-likeness (QED) is 0.538. The zero-order valence-corrected chi connectivity index (χ0v) is 11.5. The Hall–Kier alpha value is -0.970. The fraction of sp³-hybridized carbons (Fsp3) is 0.818. The van der Waals surface area contributed by atoms with Crippen molar-refractivity contribution in [3.8, 4) is 0 Å². The molecule has 1 aliphatic heterocycles.